The summed E-state index contributed by atoms with van der Waals surface area (Å²) in [6, 6.07) is 5.01. The minimum atomic E-state index is -0.986. The number of aryl methyl sites for hydroxylation is 1. The number of carboxylic acid groups (broad SMARTS) is 1. The number of carbonyl (C=O) groups is 1. The molecule has 3 aromatic rings. The molecule has 7 heteroatoms. The highest BCUT2D eigenvalue weighted by atomic mass is 16.5. The predicted octanol–water partition coefficient (Wildman–Crippen LogP) is 1.47. The predicted molar refractivity (Wildman–Crippen MR) is 64.8 cm³/mol. The normalized spacial score (nSPS) is 11.0. The minimum Gasteiger partial charge on any atom is -0.478 e. The lowest BCUT2D eigenvalue weighted by molar-refractivity contribution is 0.0698. The third-order valence-electron chi connectivity index (χ3n) is 2.89. The summed E-state index contributed by atoms with van der Waals surface area (Å²) >= 11 is 0. The highest BCUT2D eigenvalue weighted by Gasteiger charge is 2.16. The van der Waals surface area contributed by atoms with Crippen molar-refractivity contribution in [1.29, 1.82) is 0 Å². The first kappa shape index (κ1) is 11.4. The minimum absolute atomic E-state index is 0.210. The molecule has 0 saturated heterocycles. The van der Waals surface area contributed by atoms with Crippen molar-refractivity contribution in [3.8, 4) is 0 Å². The first-order valence-electron chi connectivity index (χ1n) is 5.61. The van der Waals surface area contributed by atoms with Gasteiger partial charge in [0.25, 0.3) is 0 Å². The zero-order valence-electron chi connectivity index (χ0n) is 10.1. The topological polar surface area (TPSA) is 94.0 Å². The van der Waals surface area contributed by atoms with E-state index in [0.29, 0.717) is 29.2 Å². The molecule has 0 saturated carbocycles. The van der Waals surface area contributed by atoms with E-state index < -0.39 is 5.97 Å². The largest absolute Gasteiger partial charge is 0.478 e. The zero-order valence-corrected chi connectivity index (χ0v) is 10.1. The van der Waals surface area contributed by atoms with E-state index in [-0.39, 0.29) is 5.56 Å². The lowest BCUT2D eigenvalue weighted by Crippen LogP contribution is -2.07. The quantitative estimate of drug-likeness (QED) is 0.764. The zero-order chi connectivity index (χ0) is 13.4. The number of fused-ring (bicyclic) bond motifs is 1. The fourth-order valence-corrected chi connectivity index (χ4v) is 2.07. The number of rotatable bonds is 3. The van der Waals surface area contributed by atoms with Crippen molar-refractivity contribution < 1.29 is 14.4 Å². The Morgan fingerprint density at radius 1 is 1.47 bits per heavy atom. The second-order valence-electron chi connectivity index (χ2n) is 4.07. The average Bonchev–Trinajstić information content (AvgIpc) is 2.98. The molecule has 0 fully saturated rings. The number of hydrogen-bond donors (Lipinski definition) is 1. The van der Waals surface area contributed by atoms with E-state index in [2.05, 4.69) is 19.6 Å². The first-order valence-corrected chi connectivity index (χ1v) is 5.61. The van der Waals surface area contributed by atoms with Gasteiger partial charge in [0.05, 0.1) is 23.1 Å². The van der Waals surface area contributed by atoms with Gasteiger partial charge in [-0.2, -0.15) is 4.98 Å². The van der Waals surface area contributed by atoms with Gasteiger partial charge in [-0.15, -0.1) is 0 Å². The highest BCUT2D eigenvalue weighted by molar-refractivity contribution is 6.01. The van der Waals surface area contributed by atoms with Gasteiger partial charge in [0.2, 0.25) is 6.39 Å². The van der Waals surface area contributed by atoms with E-state index in [1.165, 1.54) is 6.39 Å². The maximum Gasteiger partial charge on any atom is 0.337 e. The fourth-order valence-electron chi connectivity index (χ4n) is 2.07. The van der Waals surface area contributed by atoms with Crippen molar-refractivity contribution in [3.63, 3.8) is 0 Å². The van der Waals surface area contributed by atoms with Crippen LogP contribution in [-0.4, -0.2) is 30.8 Å². The summed E-state index contributed by atoms with van der Waals surface area (Å²) in [5, 5.41) is 13.0. The van der Waals surface area contributed by atoms with Crippen LogP contribution >= 0.6 is 0 Å². The molecule has 3 rings (SSSR count). The molecule has 96 valence electrons. The van der Waals surface area contributed by atoms with E-state index in [1.54, 1.807) is 22.8 Å². The van der Waals surface area contributed by atoms with Crippen LogP contribution < -0.4 is 0 Å². The fraction of sp³-hybridized carbons (Fsp3) is 0.167. The molecular formula is C12H10N4O3. The van der Waals surface area contributed by atoms with Crippen LogP contribution in [-0.2, 0) is 6.54 Å². The van der Waals surface area contributed by atoms with Gasteiger partial charge in [0, 0.05) is 0 Å². The molecule has 1 N–H and O–H groups in total. The molecule has 0 unspecified atom stereocenters. The van der Waals surface area contributed by atoms with Crippen molar-refractivity contribution in [2.45, 2.75) is 13.5 Å². The van der Waals surface area contributed by atoms with Gasteiger partial charge in [-0.1, -0.05) is 11.2 Å². The van der Waals surface area contributed by atoms with Gasteiger partial charge in [-0.25, -0.2) is 9.78 Å². The van der Waals surface area contributed by atoms with Gasteiger partial charge >= 0.3 is 5.97 Å². The molecule has 0 atom stereocenters. The van der Waals surface area contributed by atoms with Crippen molar-refractivity contribution >= 4 is 17.0 Å². The van der Waals surface area contributed by atoms with E-state index in [9.17, 15) is 9.90 Å². The first-order chi connectivity index (χ1) is 9.16. The second kappa shape index (κ2) is 4.20. The highest BCUT2D eigenvalue weighted by Crippen LogP contribution is 2.21. The van der Waals surface area contributed by atoms with Gasteiger partial charge in [-0.05, 0) is 19.1 Å². The third-order valence-corrected chi connectivity index (χ3v) is 2.89. The number of aromatic carboxylic acids is 1. The Kier molecular flexibility index (Phi) is 2.52. The average molecular weight is 258 g/mol. The summed E-state index contributed by atoms with van der Waals surface area (Å²) in [6.45, 7) is 2.13. The molecular weight excluding hydrogens is 248 g/mol. The number of aromatic nitrogens is 4. The number of nitrogens with zero attached hydrogens (tertiary/aromatic N) is 4. The van der Waals surface area contributed by atoms with E-state index >= 15 is 0 Å². The number of benzene rings is 1. The molecule has 0 aliphatic rings. The summed E-state index contributed by atoms with van der Waals surface area (Å²) in [4.78, 5) is 19.6. The van der Waals surface area contributed by atoms with Crippen molar-refractivity contribution in [2.75, 3.05) is 0 Å². The Balaban J connectivity index is 2.22. The Bertz CT molecular complexity index is 746. The number of para-hydroxylation sites is 1. The summed E-state index contributed by atoms with van der Waals surface area (Å²) < 4.78 is 6.45. The van der Waals surface area contributed by atoms with Crippen LogP contribution in [0, 0.1) is 6.92 Å². The molecule has 0 aliphatic carbocycles. The Morgan fingerprint density at radius 3 is 3.00 bits per heavy atom. The molecule has 0 aliphatic heterocycles. The van der Waals surface area contributed by atoms with Gasteiger partial charge in [0.1, 0.15) is 5.82 Å². The Labute approximate surface area is 107 Å². The second-order valence-corrected chi connectivity index (χ2v) is 4.07. The van der Waals surface area contributed by atoms with E-state index in [0.717, 1.165) is 0 Å². The Hall–Kier alpha value is -2.70. The molecule has 2 heterocycles. The maximum atomic E-state index is 11.3. The molecule has 0 spiro atoms. The molecule has 19 heavy (non-hydrogen) atoms. The molecule has 2 aromatic heterocycles. The molecule has 0 amide bonds. The monoisotopic (exact) mass is 258 g/mol. The number of carboxylic acids is 1. The van der Waals surface area contributed by atoms with Crippen molar-refractivity contribution in [2.24, 2.45) is 0 Å². The van der Waals surface area contributed by atoms with Crippen LogP contribution in [0.3, 0.4) is 0 Å². The number of imidazole rings is 1. The smallest absolute Gasteiger partial charge is 0.337 e. The maximum absolute atomic E-state index is 11.3. The lowest BCUT2D eigenvalue weighted by atomic mass is 10.2. The van der Waals surface area contributed by atoms with E-state index in [4.69, 9.17) is 0 Å². The SMILES string of the molecule is Cc1nc2cccc(C(=O)O)c2n1Cc1ncon1. The van der Waals surface area contributed by atoms with Crippen molar-refractivity contribution in [3.05, 3.63) is 41.8 Å². The van der Waals surface area contributed by atoms with Gasteiger partial charge < -0.3 is 14.2 Å². The van der Waals surface area contributed by atoms with Crippen LogP contribution in [0.15, 0.2) is 29.1 Å². The van der Waals surface area contributed by atoms with Gasteiger partial charge in [-0.3, -0.25) is 0 Å². The number of hydrogen-bond acceptors (Lipinski definition) is 5. The molecule has 1 aromatic carbocycles. The van der Waals surface area contributed by atoms with Crippen LogP contribution in [0.2, 0.25) is 0 Å². The molecule has 0 radical (unpaired) electrons. The summed E-state index contributed by atoms with van der Waals surface area (Å²) in [6.07, 6.45) is 1.24. The van der Waals surface area contributed by atoms with E-state index in [1.807, 2.05) is 6.92 Å². The standard InChI is InChI=1S/C12H10N4O3/c1-7-14-9-4-2-3-8(12(17)18)11(9)16(7)5-10-13-6-19-15-10/h2-4,6H,5H2,1H3,(H,17,18). The lowest BCUT2D eigenvalue weighted by Gasteiger charge is -2.05. The summed E-state index contributed by atoms with van der Waals surface area (Å²) in [5.41, 5.74) is 1.42. The van der Waals surface area contributed by atoms with Gasteiger partial charge in [0.15, 0.2) is 5.82 Å². The van der Waals surface area contributed by atoms with Crippen LogP contribution in [0.1, 0.15) is 22.0 Å². The molecule has 7 nitrogen and oxygen atoms in total. The summed E-state index contributed by atoms with van der Waals surface area (Å²) in [5.74, 6) is 0.191. The van der Waals surface area contributed by atoms with Crippen LogP contribution in [0.5, 0.6) is 0 Å². The summed E-state index contributed by atoms with van der Waals surface area (Å²) in [7, 11) is 0. The molecule has 0 bridgehead atoms. The third kappa shape index (κ3) is 1.85. The van der Waals surface area contributed by atoms with Crippen LogP contribution in [0.25, 0.3) is 11.0 Å². The van der Waals surface area contributed by atoms with Crippen LogP contribution in [0.4, 0.5) is 0 Å². The Morgan fingerprint density at radius 2 is 2.32 bits per heavy atom. The van der Waals surface area contributed by atoms with Crippen molar-refractivity contribution in [1.82, 2.24) is 19.7 Å².